The Bertz CT molecular complexity index is 1010. The molecule has 25 heavy (non-hydrogen) atoms. The molecule has 0 fully saturated rings. The van der Waals surface area contributed by atoms with Gasteiger partial charge in [0.1, 0.15) is 5.75 Å². The van der Waals surface area contributed by atoms with Crippen molar-refractivity contribution < 1.29 is 17.9 Å². The van der Waals surface area contributed by atoms with Gasteiger partial charge in [0.25, 0.3) is 5.88 Å². The highest BCUT2D eigenvalue weighted by Gasteiger charge is 2.14. The number of hydrogen-bond donors (Lipinski definition) is 1. The number of ketones is 1. The zero-order valence-corrected chi connectivity index (χ0v) is 14.4. The first kappa shape index (κ1) is 16.8. The lowest BCUT2D eigenvalue weighted by Crippen LogP contribution is -1.96. The van der Waals surface area contributed by atoms with Crippen molar-refractivity contribution in [2.75, 3.05) is 6.26 Å². The Morgan fingerprint density at radius 3 is 2.08 bits per heavy atom. The lowest BCUT2D eigenvalue weighted by atomic mass is 10.1. The Labute approximate surface area is 144 Å². The summed E-state index contributed by atoms with van der Waals surface area (Å²) in [6, 6.07) is 13.8. The molecular formula is C17H15N3O4S. The first-order valence-corrected chi connectivity index (χ1v) is 9.24. The number of benzene rings is 2. The van der Waals surface area contributed by atoms with E-state index in [4.69, 9.17) is 4.74 Å². The molecule has 0 radical (unpaired) electrons. The molecule has 128 valence electrons. The van der Waals surface area contributed by atoms with Crippen LogP contribution in [0.2, 0.25) is 0 Å². The fraction of sp³-hybridized carbons (Fsp3) is 0.118. The van der Waals surface area contributed by atoms with Crippen molar-refractivity contribution in [3.8, 4) is 22.8 Å². The van der Waals surface area contributed by atoms with Crippen LogP contribution in [-0.2, 0) is 9.84 Å². The normalized spacial score (nSPS) is 11.3. The summed E-state index contributed by atoms with van der Waals surface area (Å²) in [6.07, 6.45) is 1.17. The van der Waals surface area contributed by atoms with Gasteiger partial charge in [0, 0.05) is 13.2 Å². The maximum Gasteiger partial charge on any atom is 0.269 e. The second kappa shape index (κ2) is 6.48. The van der Waals surface area contributed by atoms with E-state index in [0.29, 0.717) is 5.75 Å². The van der Waals surface area contributed by atoms with Gasteiger partial charge in [-0.2, -0.15) is 0 Å². The highest BCUT2D eigenvalue weighted by molar-refractivity contribution is 7.90. The van der Waals surface area contributed by atoms with Crippen molar-refractivity contribution in [1.29, 1.82) is 0 Å². The van der Waals surface area contributed by atoms with Crippen molar-refractivity contribution >= 4 is 15.6 Å². The van der Waals surface area contributed by atoms with E-state index in [1.54, 1.807) is 36.4 Å². The molecule has 0 aliphatic heterocycles. The van der Waals surface area contributed by atoms with Crippen LogP contribution in [0, 0.1) is 0 Å². The van der Waals surface area contributed by atoms with Crippen LogP contribution >= 0.6 is 0 Å². The summed E-state index contributed by atoms with van der Waals surface area (Å²) in [4.78, 5) is 11.7. The minimum Gasteiger partial charge on any atom is -0.436 e. The molecule has 0 aliphatic rings. The second-order valence-corrected chi connectivity index (χ2v) is 7.49. The number of carbonyl (C=O) groups excluding carboxylic acids is 1. The van der Waals surface area contributed by atoms with Gasteiger partial charge in [-0.1, -0.05) is 34.6 Å². The first-order chi connectivity index (χ1) is 11.8. The zero-order valence-electron chi connectivity index (χ0n) is 13.6. The van der Waals surface area contributed by atoms with Gasteiger partial charge in [-0.25, -0.2) is 8.42 Å². The lowest BCUT2D eigenvalue weighted by Gasteiger charge is -2.06. The second-order valence-electron chi connectivity index (χ2n) is 5.47. The van der Waals surface area contributed by atoms with Crippen LogP contribution < -0.4 is 4.74 Å². The van der Waals surface area contributed by atoms with E-state index in [9.17, 15) is 13.2 Å². The summed E-state index contributed by atoms with van der Waals surface area (Å²) in [5.41, 5.74) is 1.99. The summed E-state index contributed by atoms with van der Waals surface area (Å²) >= 11 is 0. The van der Waals surface area contributed by atoms with Crippen LogP contribution in [0.1, 0.15) is 17.4 Å². The standard InChI is InChI=1S/C17H15N3O4S/c1-11(21)16-17(19-20-18-16)24-14-7-3-12(4-8-14)13-5-9-15(10-6-13)25(2,22)23/h3-10H,1-2H3,(H,18,19,20). The van der Waals surface area contributed by atoms with Crippen LogP contribution in [0.3, 0.4) is 0 Å². The fourth-order valence-electron chi connectivity index (χ4n) is 2.24. The highest BCUT2D eigenvalue weighted by atomic mass is 32.2. The number of rotatable bonds is 5. The Hall–Kier alpha value is -3.00. The Balaban J connectivity index is 1.80. The van der Waals surface area contributed by atoms with Crippen molar-refractivity contribution in [3.05, 3.63) is 54.2 Å². The third kappa shape index (κ3) is 3.74. The Kier molecular flexibility index (Phi) is 4.37. The number of nitrogens with one attached hydrogen (secondary N) is 1. The quantitative estimate of drug-likeness (QED) is 0.705. The molecule has 0 saturated carbocycles. The van der Waals surface area contributed by atoms with Crippen LogP contribution in [0.15, 0.2) is 53.4 Å². The molecule has 1 aromatic heterocycles. The smallest absolute Gasteiger partial charge is 0.269 e. The molecule has 0 amide bonds. The van der Waals surface area contributed by atoms with Crippen LogP contribution in [0.4, 0.5) is 0 Å². The molecule has 3 rings (SSSR count). The molecule has 2 aromatic carbocycles. The number of aromatic nitrogens is 3. The van der Waals surface area contributed by atoms with Gasteiger partial charge in [0.05, 0.1) is 4.90 Å². The average molecular weight is 357 g/mol. The molecule has 0 spiro atoms. The van der Waals surface area contributed by atoms with Gasteiger partial charge in [-0.15, -0.1) is 0 Å². The summed E-state index contributed by atoms with van der Waals surface area (Å²) in [5.74, 6) is 0.410. The monoisotopic (exact) mass is 357 g/mol. The molecule has 8 heteroatoms. The van der Waals surface area contributed by atoms with Gasteiger partial charge in [0.15, 0.2) is 21.3 Å². The molecule has 0 aliphatic carbocycles. The number of aromatic amines is 1. The fourth-order valence-corrected chi connectivity index (χ4v) is 2.87. The number of sulfone groups is 1. The van der Waals surface area contributed by atoms with Crippen molar-refractivity contribution in [1.82, 2.24) is 15.4 Å². The van der Waals surface area contributed by atoms with E-state index < -0.39 is 9.84 Å². The maximum atomic E-state index is 11.5. The third-order valence-corrected chi connectivity index (χ3v) is 4.68. The average Bonchev–Trinajstić information content (AvgIpc) is 3.03. The molecular weight excluding hydrogens is 342 g/mol. The number of ether oxygens (including phenoxy) is 1. The van der Waals surface area contributed by atoms with Gasteiger partial charge in [-0.3, -0.25) is 9.89 Å². The molecule has 0 atom stereocenters. The highest BCUT2D eigenvalue weighted by Crippen LogP contribution is 2.26. The zero-order chi connectivity index (χ0) is 18.0. The van der Waals surface area contributed by atoms with Crippen molar-refractivity contribution in [2.24, 2.45) is 0 Å². The molecule has 0 saturated heterocycles. The Morgan fingerprint density at radius 1 is 1.00 bits per heavy atom. The van der Waals surface area contributed by atoms with E-state index in [1.807, 2.05) is 12.1 Å². The van der Waals surface area contributed by atoms with Gasteiger partial charge >= 0.3 is 0 Å². The lowest BCUT2D eigenvalue weighted by molar-refractivity contribution is 0.101. The molecule has 0 bridgehead atoms. The largest absolute Gasteiger partial charge is 0.436 e. The van der Waals surface area contributed by atoms with E-state index in [1.165, 1.54) is 13.2 Å². The number of Topliss-reactive ketones (excluding diaryl/α,β-unsaturated/α-hetero) is 1. The third-order valence-electron chi connectivity index (χ3n) is 3.55. The summed E-state index contributed by atoms with van der Waals surface area (Å²) in [5, 5.41) is 9.80. The van der Waals surface area contributed by atoms with E-state index >= 15 is 0 Å². The predicted molar refractivity (Wildman–Crippen MR) is 91.4 cm³/mol. The van der Waals surface area contributed by atoms with Crippen LogP contribution in [-0.4, -0.2) is 35.9 Å². The van der Waals surface area contributed by atoms with Gasteiger partial charge in [-0.05, 0) is 35.4 Å². The minimum absolute atomic E-state index is 0.123. The number of H-pyrrole nitrogens is 1. The topological polar surface area (TPSA) is 102 Å². The summed E-state index contributed by atoms with van der Waals surface area (Å²) in [7, 11) is -3.21. The summed E-state index contributed by atoms with van der Waals surface area (Å²) < 4.78 is 28.6. The Morgan fingerprint density at radius 2 is 1.56 bits per heavy atom. The predicted octanol–water partition coefficient (Wildman–Crippen LogP) is 2.87. The minimum atomic E-state index is -3.21. The van der Waals surface area contributed by atoms with Crippen molar-refractivity contribution in [3.63, 3.8) is 0 Å². The molecule has 7 nitrogen and oxygen atoms in total. The van der Waals surface area contributed by atoms with E-state index in [2.05, 4.69) is 15.4 Å². The molecule has 1 N–H and O–H groups in total. The maximum absolute atomic E-state index is 11.5. The van der Waals surface area contributed by atoms with Crippen molar-refractivity contribution in [2.45, 2.75) is 11.8 Å². The SMILES string of the molecule is CC(=O)c1[nH]nnc1Oc1ccc(-c2ccc(S(C)(=O)=O)cc2)cc1. The number of nitrogens with zero attached hydrogens (tertiary/aromatic N) is 2. The number of carbonyl (C=O) groups is 1. The molecule has 0 unspecified atom stereocenters. The molecule has 3 aromatic rings. The van der Waals surface area contributed by atoms with E-state index in [0.717, 1.165) is 11.1 Å². The number of hydrogen-bond acceptors (Lipinski definition) is 6. The first-order valence-electron chi connectivity index (χ1n) is 7.35. The summed E-state index contributed by atoms with van der Waals surface area (Å²) in [6.45, 7) is 1.39. The van der Waals surface area contributed by atoms with Crippen LogP contribution in [0.5, 0.6) is 11.6 Å². The molecule has 1 heterocycles. The van der Waals surface area contributed by atoms with Crippen LogP contribution in [0.25, 0.3) is 11.1 Å². The van der Waals surface area contributed by atoms with E-state index in [-0.39, 0.29) is 22.3 Å². The van der Waals surface area contributed by atoms with Gasteiger partial charge in [0.2, 0.25) is 0 Å². The van der Waals surface area contributed by atoms with Gasteiger partial charge < -0.3 is 4.74 Å².